The molecule has 0 radical (unpaired) electrons. The van der Waals surface area contributed by atoms with Gasteiger partial charge in [0.15, 0.2) is 0 Å². The maximum atomic E-state index is 11.7. The van der Waals surface area contributed by atoms with Crippen molar-refractivity contribution in [1.29, 1.82) is 0 Å². The van der Waals surface area contributed by atoms with E-state index in [4.69, 9.17) is 4.74 Å². The fourth-order valence-corrected chi connectivity index (χ4v) is 1.80. The average Bonchev–Trinajstić information content (AvgIpc) is 2.37. The average molecular weight is 308 g/mol. The van der Waals surface area contributed by atoms with Gasteiger partial charge < -0.3 is 9.72 Å². The summed E-state index contributed by atoms with van der Waals surface area (Å²) in [5, 5.41) is 0. The smallest absolute Gasteiger partial charge is 0.355 e. The van der Waals surface area contributed by atoms with Gasteiger partial charge in [-0.15, -0.1) is 0 Å². The van der Waals surface area contributed by atoms with Gasteiger partial charge in [0.05, 0.1) is 0 Å². The van der Waals surface area contributed by atoms with Crippen LogP contribution in [0.3, 0.4) is 0 Å². The van der Waals surface area contributed by atoms with Crippen molar-refractivity contribution in [3.05, 3.63) is 68.5 Å². The Labute approximate surface area is 112 Å². The number of ether oxygens (including phenoxy) is 1. The van der Waals surface area contributed by atoms with Crippen molar-refractivity contribution in [3.63, 3.8) is 0 Å². The molecular weight excluding hydrogens is 298 g/mol. The van der Waals surface area contributed by atoms with Gasteiger partial charge >= 0.3 is 5.97 Å². The largest absolute Gasteiger partial charge is 0.456 e. The first-order valence-electron chi connectivity index (χ1n) is 5.26. The molecule has 0 saturated heterocycles. The van der Waals surface area contributed by atoms with E-state index in [0.29, 0.717) is 0 Å². The monoisotopic (exact) mass is 307 g/mol. The van der Waals surface area contributed by atoms with Crippen molar-refractivity contribution < 1.29 is 9.53 Å². The van der Waals surface area contributed by atoms with Crippen molar-refractivity contribution in [2.24, 2.45) is 0 Å². The first-order valence-corrected chi connectivity index (χ1v) is 6.06. The van der Waals surface area contributed by atoms with E-state index in [2.05, 4.69) is 20.9 Å². The molecule has 0 saturated carbocycles. The summed E-state index contributed by atoms with van der Waals surface area (Å²) in [6, 6.07) is 11.8. The van der Waals surface area contributed by atoms with E-state index in [1.807, 2.05) is 24.3 Å². The number of rotatable bonds is 3. The molecule has 2 aromatic rings. The van der Waals surface area contributed by atoms with Gasteiger partial charge in [0, 0.05) is 16.1 Å². The number of carbonyl (C=O) groups excluding carboxylic acids is 1. The van der Waals surface area contributed by atoms with Crippen LogP contribution in [0.4, 0.5) is 0 Å². The third-order valence-corrected chi connectivity index (χ3v) is 3.08. The first-order chi connectivity index (χ1) is 8.66. The van der Waals surface area contributed by atoms with Crippen LogP contribution in [0.25, 0.3) is 0 Å². The maximum Gasteiger partial charge on any atom is 0.355 e. The highest BCUT2D eigenvalue weighted by molar-refractivity contribution is 9.10. The molecule has 2 rings (SSSR count). The van der Waals surface area contributed by atoms with E-state index in [9.17, 15) is 9.59 Å². The van der Waals surface area contributed by atoms with Gasteiger partial charge in [-0.1, -0.05) is 40.2 Å². The molecule has 1 heterocycles. The number of benzene rings is 1. The zero-order chi connectivity index (χ0) is 13.0. The maximum absolute atomic E-state index is 11.7. The number of carbonyl (C=O) groups is 1. The highest BCUT2D eigenvalue weighted by Crippen LogP contribution is 2.16. The number of aromatic amines is 1. The Hall–Kier alpha value is -1.88. The Kier molecular flexibility index (Phi) is 3.94. The molecule has 0 aliphatic rings. The SMILES string of the molecule is O=C(OCc1ccccc1Br)c1cccc(=O)[nH]1. The Morgan fingerprint density at radius 3 is 2.67 bits per heavy atom. The molecule has 0 aliphatic heterocycles. The number of esters is 1. The van der Waals surface area contributed by atoms with Crippen LogP contribution in [-0.4, -0.2) is 11.0 Å². The normalized spacial score (nSPS) is 10.1. The second kappa shape index (κ2) is 5.64. The van der Waals surface area contributed by atoms with E-state index in [0.717, 1.165) is 10.0 Å². The molecule has 4 nitrogen and oxygen atoms in total. The number of H-pyrrole nitrogens is 1. The lowest BCUT2D eigenvalue weighted by Gasteiger charge is -2.06. The summed E-state index contributed by atoms with van der Waals surface area (Å²) in [5.41, 5.74) is 0.684. The predicted molar refractivity (Wildman–Crippen MR) is 70.3 cm³/mol. The van der Waals surface area contributed by atoms with Gasteiger partial charge in [-0.05, 0) is 12.1 Å². The van der Waals surface area contributed by atoms with Gasteiger partial charge in [0.25, 0.3) is 0 Å². The van der Waals surface area contributed by atoms with Crippen LogP contribution in [0.1, 0.15) is 16.1 Å². The predicted octanol–water partition coefficient (Wildman–Crippen LogP) is 2.49. The summed E-state index contributed by atoms with van der Waals surface area (Å²) >= 11 is 3.37. The lowest BCUT2D eigenvalue weighted by atomic mass is 10.2. The summed E-state index contributed by atoms with van der Waals surface area (Å²) in [7, 11) is 0. The number of aromatic nitrogens is 1. The number of hydrogen-bond donors (Lipinski definition) is 1. The molecule has 5 heteroatoms. The second-order valence-electron chi connectivity index (χ2n) is 3.60. The highest BCUT2D eigenvalue weighted by atomic mass is 79.9. The minimum absolute atomic E-state index is 0.148. The van der Waals surface area contributed by atoms with Gasteiger partial charge in [-0.2, -0.15) is 0 Å². The first kappa shape index (κ1) is 12.6. The van der Waals surface area contributed by atoms with Crippen molar-refractivity contribution in [2.45, 2.75) is 6.61 Å². The van der Waals surface area contributed by atoms with E-state index in [1.54, 1.807) is 0 Å². The minimum atomic E-state index is -0.552. The summed E-state index contributed by atoms with van der Waals surface area (Å²) in [4.78, 5) is 25.1. The van der Waals surface area contributed by atoms with Gasteiger partial charge in [0.1, 0.15) is 12.3 Å². The van der Waals surface area contributed by atoms with Crippen LogP contribution in [-0.2, 0) is 11.3 Å². The lowest BCUT2D eigenvalue weighted by Crippen LogP contribution is -2.13. The molecule has 1 N–H and O–H groups in total. The molecule has 0 atom stereocenters. The molecule has 0 bridgehead atoms. The molecule has 18 heavy (non-hydrogen) atoms. The fraction of sp³-hybridized carbons (Fsp3) is 0.0769. The molecule has 0 amide bonds. The zero-order valence-corrected chi connectivity index (χ0v) is 10.9. The van der Waals surface area contributed by atoms with Crippen LogP contribution in [0.2, 0.25) is 0 Å². The van der Waals surface area contributed by atoms with Crippen LogP contribution in [0.5, 0.6) is 0 Å². The second-order valence-corrected chi connectivity index (χ2v) is 4.45. The van der Waals surface area contributed by atoms with Gasteiger partial charge in [0.2, 0.25) is 5.56 Å². The third-order valence-electron chi connectivity index (χ3n) is 2.30. The van der Waals surface area contributed by atoms with E-state index in [-0.39, 0.29) is 17.9 Å². The standard InChI is InChI=1S/C13H10BrNO3/c14-10-5-2-1-4-9(10)8-18-13(17)11-6-3-7-12(16)15-11/h1-7H,8H2,(H,15,16). The lowest BCUT2D eigenvalue weighted by molar-refractivity contribution is 0.0464. The van der Waals surface area contributed by atoms with Crippen LogP contribution >= 0.6 is 15.9 Å². The van der Waals surface area contributed by atoms with Crippen molar-refractivity contribution in [3.8, 4) is 0 Å². The molecule has 0 aliphatic carbocycles. The Morgan fingerprint density at radius 2 is 1.94 bits per heavy atom. The van der Waals surface area contributed by atoms with E-state index < -0.39 is 5.97 Å². The molecule has 0 fully saturated rings. The molecule has 92 valence electrons. The Bertz CT molecular complexity index is 621. The minimum Gasteiger partial charge on any atom is -0.456 e. The number of nitrogens with one attached hydrogen (secondary N) is 1. The van der Waals surface area contributed by atoms with Crippen LogP contribution in [0, 0.1) is 0 Å². The molecular formula is C13H10BrNO3. The van der Waals surface area contributed by atoms with Crippen molar-refractivity contribution >= 4 is 21.9 Å². The summed E-state index contributed by atoms with van der Waals surface area (Å²) in [5.74, 6) is -0.552. The highest BCUT2D eigenvalue weighted by Gasteiger charge is 2.08. The number of halogens is 1. The number of pyridine rings is 1. The van der Waals surface area contributed by atoms with E-state index in [1.165, 1.54) is 18.2 Å². The fourth-order valence-electron chi connectivity index (χ4n) is 1.40. The number of hydrogen-bond acceptors (Lipinski definition) is 3. The molecule has 0 unspecified atom stereocenters. The topological polar surface area (TPSA) is 59.2 Å². The van der Waals surface area contributed by atoms with Crippen LogP contribution in [0.15, 0.2) is 51.7 Å². The summed E-state index contributed by atoms with van der Waals surface area (Å²) < 4.78 is 5.99. The van der Waals surface area contributed by atoms with Crippen LogP contribution < -0.4 is 5.56 Å². The van der Waals surface area contributed by atoms with Crippen molar-refractivity contribution in [2.75, 3.05) is 0 Å². The Balaban J connectivity index is 2.05. The Morgan fingerprint density at radius 1 is 1.17 bits per heavy atom. The van der Waals surface area contributed by atoms with E-state index >= 15 is 0 Å². The summed E-state index contributed by atoms with van der Waals surface area (Å²) in [6.07, 6.45) is 0. The molecule has 0 spiro atoms. The zero-order valence-electron chi connectivity index (χ0n) is 9.35. The van der Waals surface area contributed by atoms with Gasteiger partial charge in [-0.25, -0.2) is 4.79 Å². The molecule has 1 aromatic carbocycles. The quantitative estimate of drug-likeness (QED) is 0.886. The van der Waals surface area contributed by atoms with Gasteiger partial charge in [-0.3, -0.25) is 4.79 Å². The third kappa shape index (κ3) is 3.07. The van der Waals surface area contributed by atoms with Crippen molar-refractivity contribution in [1.82, 2.24) is 4.98 Å². The summed E-state index contributed by atoms with van der Waals surface area (Å²) in [6.45, 7) is 0.150. The molecule has 1 aromatic heterocycles.